The van der Waals surface area contributed by atoms with Crippen molar-refractivity contribution in [3.8, 4) is 5.75 Å². The third-order valence-electron chi connectivity index (χ3n) is 4.09. The first-order valence-electron chi connectivity index (χ1n) is 8.55. The number of carbonyl (C=O) groups excluding carboxylic acids is 1. The number of carbonyl (C=O) groups is 1. The van der Waals surface area contributed by atoms with Gasteiger partial charge in [-0.1, -0.05) is 24.3 Å². The fourth-order valence-electron chi connectivity index (χ4n) is 2.79. The van der Waals surface area contributed by atoms with Crippen LogP contribution in [-0.4, -0.2) is 45.5 Å². The van der Waals surface area contributed by atoms with E-state index in [1.165, 1.54) is 4.31 Å². The number of thioether (sulfide) groups is 1. The quantitative estimate of drug-likeness (QED) is 0.589. The average molecular weight is 407 g/mol. The van der Waals surface area contributed by atoms with Gasteiger partial charge < -0.3 is 10.1 Å². The van der Waals surface area contributed by atoms with Crippen molar-refractivity contribution in [2.75, 3.05) is 29.4 Å². The second-order valence-corrected chi connectivity index (χ2v) is 9.40. The van der Waals surface area contributed by atoms with Gasteiger partial charge in [0.05, 0.1) is 18.5 Å². The first kappa shape index (κ1) is 19.6. The summed E-state index contributed by atoms with van der Waals surface area (Å²) in [5, 5.41) is 2.83. The van der Waals surface area contributed by atoms with Crippen LogP contribution < -0.4 is 14.4 Å². The molecule has 0 saturated carbocycles. The maximum atomic E-state index is 12.5. The second-order valence-electron chi connectivity index (χ2n) is 6.32. The van der Waals surface area contributed by atoms with Gasteiger partial charge in [-0.2, -0.15) is 0 Å². The number of nitrogens with zero attached hydrogens (tertiary/aromatic N) is 1. The van der Waals surface area contributed by atoms with Gasteiger partial charge in [0.2, 0.25) is 10.0 Å². The Balaban J connectivity index is 1.63. The lowest BCUT2D eigenvalue weighted by Crippen LogP contribution is -2.50. The molecule has 2 aromatic carbocycles. The Hall–Kier alpha value is -2.19. The summed E-state index contributed by atoms with van der Waals surface area (Å²) in [6.07, 6.45) is 0.257. The number of anilines is 1. The van der Waals surface area contributed by atoms with Crippen molar-refractivity contribution in [3.05, 3.63) is 54.1 Å². The molecule has 2 aromatic rings. The molecule has 1 heterocycles. The molecule has 1 aliphatic rings. The number of sulfonamides is 1. The number of ether oxygens (including phenoxy) is 1. The van der Waals surface area contributed by atoms with Gasteiger partial charge in [-0.15, -0.1) is 11.8 Å². The van der Waals surface area contributed by atoms with Gasteiger partial charge in [0, 0.05) is 17.2 Å². The highest BCUT2D eigenvalue weighted by molar-refractivity contribution is 7.99. The first-order valence-corrected chi connectivity index (χ1v) is 11.4. The Morgan fingerprint density at radius 2 is 2.00 bits per heavy atom. The third kappa shape index (κ3) is 4.95. The van der Waals surface area contributed by atoms with Crippen molar-refractivity contribution >= 4 is 33.4 Å². The van der Waals surface area contributed by atoms with Crippen molar-refractivity contribution in [1.82, 2.24) is 5.32 Å². The van der Waals surface area contributed by atoms with Gasteiger partial charge >= 0.3 is 0 Å². The summed E-state index contributed by atoms with van der Waals surface area (Å²) in [5.74, 6) is 0.799. The Morgan fingerprint density at radius 3 is 2.70 bits per heavy atom. The molecular formula is C19H22N2O4S2. The molecule has 3 rings (SSSR count). The van der Waals surface area contributed by atoms with Gasteiger partial charge in [0.15, 0.2) is 6.10 Å². The number of fused-ring (bicyclic) bond motifs is 1. The zero-order valence-corrected chi connectivity index (χ0v) is 16.8. The molecule has 0 radical (unpaired) electrons. The summed E-state index contributed by atoms with van der Waals surface area (Å²) in [6.45, 7) is 2.31. The van der Waals surface area contributed by atoms with Gasteiger partial charge in [-0.25, -0.2) is 8.42 Å². The van der Waals surface area contributed by atoms with E-state index in [-0.39, 0.29) is 12.5 Å². The zero-order valence-electron chi connectivity index (χ0n) is 15.2. The van der Waals surface area contributed by atoms with Crippen LogP contribution in [0.25, 0.3) is 0 Å². The molecule has 0 spiro atoms. The third-order valence-corrected chi connectivity index (χ3v) is 6.25. The highest BCUT2D eigenvalue weighted by Gasteiger charge is 2.34. The van der Waals surface area contributed by atoms with Gasteiger partial charge in [-0.05, 0) is 36.8 Å². The number of aryl methyl sites for hydroxylation is 1. The molecule has 0 saturated heterocycles. The molecule has 1 N–H and O–H groups in total. The summed E-state index contributed by atoms with van der Waals surface area (Å²) in [5.41, 5.74) is 1.40. The van der Waals surface area contributed by atoms with E-state index in [0.717, 1.165) is 16.7 Å². The molecule has 27 heavy (non-hydrogen) atoms. The van der Waals surface area contributed by atoms with E-state index in [1.54, 1.807) is 23.9 Å². The molecule has 0 bridgehead atoms. The Morgan fingerprint density at radius 1 is 1.26 bits per heavy atom. The number of hydrogen-bond acceptors (Lipinski definition) is 5. The van der Waals surface area contributed by atoms with Crippen LogP contribution in [0.5, 0.6) is 5.75 Å². The molecule has 0 aromatic heterocycles. The molecule has 0 unspecified atom stereocenters. The van der Waals surface area contributed by atoms with Crippen LogP contribution >= 0.6 is 11.8 Å². The van der Waals surface area contributed by atoms with Crippen molar-refractivity contribution in [2.24, 2.45) is 0 Å². The molecule has 0 fully saturated rings. The van der Waals surface area contributed by atoms with E-state index in [0.29, 0.717) is 23.7 Å². The fraction of sp³-hybridized carbons (Fsp3) is 0.316. The summed E-state index contributed by atoms with van der Waals surface area (Å²) >= 11 is 1.64. The smallest absolute Gasteiger partial charge is 0.263 e. The van der Waals surface area contributed by atoms with Crippen LogP contribution in [-0.2, 0) is 14.8 Å². The average Bonchev–Trinajstić information content (AvgIpc) is 2.64. The normalized spacial score (nSPS) is 16.4. The van der Waals surface area contributed by atoms with Crippen molar-refractivity contribution < 1.29 is 17.9 Å². The van der Waals surface area contributed by atoms with Crippen molar-refractivity contribution in [2.45, 2.75) is 17.9 Å². The summed E-state index contributed by atoms with van der Waals surface area (Å²) in [4.78, 5) is 13.6. The number of benzene rings is 2. The van der Waals surface area contributed by atoms with Gasteiger partial charge in [-0.3, -0.25) is 9.10 Å². The Bertz CT molecular complexity index is 917. The standard InChI is InChI=1S/C19H22N2O4S2/c1-14-8-9-17-16(12-14)21(27(2,23)24)13-18(25-17)19(22)20-10-11-26-15-6-4-3-5-7-15/h3-9,12,18H,10-11,13H2,1-2H3,(H,20,22)/t18-/m1/s1. The predicted octanol–water partition coefficient (Wildman–Crippen LogP) is 2.43. The minimum absolute atomic E-state index is 0.0348. The van der Waals surface area contributed by atoms with E-state index in [9.17, 15) is 13.2 Å². The maximum absolute atomic E-state index is 12.5. The zero-order chi connectivity index (χ0) is 19.4. The maximum Gasteiger partial charge on any atom is 0.263 e. The fourth-order valence-corrected chi connectivity index (χ4v) is 4.48. The molecular weight excluding hydrogens is 384 g/mol. The predicted molar refractivity (Wildman–Crippen MR) is 108 cm³/mol. The second kappa shape index (κ2) is 8.22. The molecule has 1 amide bonds. The minimum Gasteiger partial charge on any atom is -0.476 e. The molecule has 6 nitrogen and oxygen atoms in total. The topological polar surface area (TPSA) is 75.7 Å². The summed E-state index contributed by atoms with van der Waals surface area (Å²) in [7, 11) is -3.51. The van der Waals surface area contributed by atoms with Crippen LogP contribution in [0.3, 0.4) is 0 Å². The van der Waals surface area contributed by atoms with Gasteiger partial charge in [0.1, 0.15) is 5.75 Å². The van der Waals surface area contributed by atoms with E-state index in [4.69, 9.17) is 4.74 Å². The molecule has 0 aliphatic carbocycles. The molecule has 1 atom stereocenters. The largest absolute Gasteiger partial charge is 0.476 e. The van der Waals surface area contributed by atoms with Crippen LogP contribution in [0, 0.1) is 6.92 Å². The van der Waals surface area contributed by atoms with E-state index in [1.807, 2.05) is 43.3 Å². The highest BCUT2D eigenvalue weighted by Crippen LogP contribution is 2.35. The monoisotopic (exact) mass is 406 g/mol. The van der Waals surface area contributed by atoms with Crippen LogP contribution in [0.2, 0.25) is 0 Å². The lowest BCUT2D eigenvalue weighted by atomic mass is 10.1. The molecule has 144 valence electrons. The first-order chi connectivity index (χ1) is 12.8. The molecule has 8 heteroatoms. The van der Waals surface area contributed by atoms with E-state index < -0.39 is 16.1 Å². The lowest BCUT2D eigenvalue weighted by molar-refractivity contribution is -0.127. The van der Waals surface area contributed by atoms with E-state index in [2.05, 4.69) is 5.32 Å². The van der Waals surface area contributed by atoms with Gasteiger partial charge in [0.25, 0.3) is 5.91 Å². The number of hydrogen-bond donors (Lipinski definition) is 1. The summed E-state index contributed by atoms with van der Waals surface area (Å²) in [6, 6.07) is 15.2. The molecule has 1 aliphatic heterocycles. The Kier molecular flexibility index (Phi) is 5.96. The number of nitrogens with one attached hydrogen (secondary N) is 1. The van der Waals surface area contributed by atoms with Crippen LogP contribution in [0.4, 0.5) is 5.69 Å². The SMILES string of the molecule is Cc1ccc2c(c1)N(S(C)(=O)=O)C[C@H](C(=O)NCCSc1ccccc1)O2. The highest BCUT2D eigenvalue weighted by atomic mass is 32.2. The Labute approximate surface area is 164 Å². The number of amides is 1. The lowest BCUT2D eigenvalue weighted by Gasteiger charge is -2.34. The van der Waals surface area contributed by atoms with Crippen molar-refractivity contribution in [1.29, 1.82) is 0 Å². The van der Waals surface area contributed by atoms with E-state index >= 15 is 0 Å². The minimum atomic E-state index is -3.51. The number of rotatable bonds is 6. The summed E-state index contributed by atoms with van der Waals surface area (Å²) < 4.78 is 31.4. The van der Waals surface area contributed by atoms with Crippen LogP contribution in [0.1, 0.15) is 5.56 Å². The van der Waals surface area contributed by atoms with Crippen molar-refractivity contribution in [3.63, 3.8) is 0 Å². The van der Waals surface area contributed by atoms with Crippen LogP contribution in [0.15, 0.2) is 53.4 Å².